The van der Waals surface area contributed by atoms with Crippen LogP contribution in [-0.2, 0) is 0 Å². The molecule has 1 saturated carbocycles. The highest BCUT2D eigenvalue weighted by molar-refractivity contribution is 9.23. The first-order valence-corrected chi connectivity index (χ1v) is 8.35. The third-order valence-corrected chi connectivity index (χ3v) is 8.38. The fraction of sp³-hybridized carbons (Fsp3) is 1.00. The van der Waals surface area contributed by atoms with Crippen molar-refractivity contribution in [1.29, 1.82) is 0 Å². The van der Waals surface area contributed by atoms with Gasteiger partial charge in [-0.1, -0.05) is 39.0 Å². The summed E-state index contributed by atoms with van der Waals surface area (Å²) < 4.78 is 0.750. The highest BCUT2D eigenvalue weighted by Crippen LogP contribution is 2.48. The third kappa shape index (κ3) is 1.63. The quantitative estimate of drug-likeness (QED) is 0.572. The molecule has 0 N–H and O–H groups in total. The standard InChI is InChI=1S/C7H13.BrH.Mg/c1-6-4-3-5-7(6)2;;/h6H,3-5H2,1-2H3;1H;/q;;+1/p-1. The summed E-state index contributed by atoms with van der Waals surface area (Å²) in [7, 11) is 0. The molecule has 0 aromatic heterocycles. The fourth-order valence-corrected chi connectivity index (χ4v) is 4.96. The van der Waals surface area contributed by atoms with Crippen molar-refractivity contribution < 1.29 is 0 Å². The minimum absolute atomic E-state index is 0.0590. The Hall–Kier alpha value is 1.25. The van der Waals surface area contributed by atoms with E-state index in [4.69, 9.17) is 0 Å². The van der Waals surface area contributed by atoms with Crippen molar-refractivity contribution in [3.8, 4) is 0 Å². The summed E-state index contributed by atoms with van der Waals surface area (Å²) in [6, 6.07) is 0. The Morgan fingerprint density at radius 1 is 1.67 bits per heavy atom. The predicted molar refractivity (Wildman–Crippen MR) is 46.1 cm³/mol. The first kappa shape index (κ1) is 8.34. The van der Waals surface area contributed by atoms with Crippen LogP contribution >= 0.6 is 12.9 Å². The van der Waals surface area contributed by atoms with Crippen molar-refractivity contribution in [2.75, 3.05) is 0 Å². The van der Waals surface area contributed by atoms with Gasteiger partial charge in [0.05, 0.1) is 0 Å². The van der Waals surface area contributed by atoms with Crippen LogP contribution in [0.5, 0.6) is 0 Å². The summed E-state index contributed by atoms with van der Waals surface area (Å²) in [4.78, 5) is 0. The van der Waals surface area contributed by atoms with E-state index in [0.29, 0.717) is 0 Å². The lowest BCUT2D eigenvalue weighted by Crippen LogP contribution is -2.15. The minimum atomic E-state index is 0.0590. The SMILES string of the molecule is CC1CCC[C]1(C)[Mg][Br]. The number of rotatable bonds is 1. The van der Waals surface area contributed by atoms with E-state index in [1.165, 1.54) is 19.3 Å². The molecular weight excluding hydrogens is 188 g/mol. The second-order valence-corrected chi connectivity index (χ2v) is 7.15. The maximum Gasteiger partial charge on any atom is 0.475 e. The molecule has 2 heteroatoms. The molecule has 1 aliphatic carbocycles. The normalized spacial score (nSPS) is 42.8. The molecule has 0 radical (unpaired) electrons. The lowest BCUT2D eigenvalue weighted by Gasteiger charge is -2.26. The van der Waals surface area contributed by atoms with Crippen molar-refractivity contribution in [1.82, 2.24) is 0 Å². The molecule has 0 amide bonds. The zero-order chi connectivity index (χ0) is 6.91. The topological polar surface area (TPSA) is 0 Å². The number of halogens is 1. The molecular formula is C7H13BrMg. The van der Waals surface area contributed by atoms with Crippen molar-refractivity contribution in [2.24, 2.45) is 5.92 Å². The van der Waals surface area contributed by atoms with Crippen molar-refractivity contribution in [2.45, 2.75) is 36.7 Å². The fourth-order valence-electron chi connectivity index (χ4n) is 1.61. The van der Waals surface area contributed by atoms with Gasteiger partial charge in [0.1, 0.15) is 0 Å². The second kappa shape index (κ2) is 3.10. The predicted octanol–water partition coefficient (Wildman–Crippen LogP) is 3.00. The van der Waals surface area contributed by atoms with Crippen LogP contribution in [0, 0.1) is 5.92 Å². The molecule has 0 aliphatic heterocycles. The van der Waals surface area contributed by atoms with Crippen LogP contribution in [0.3, 0.4) is 0 Å². The van der Waals surface area contributed by atoms with Crippen LogP contribution in [0.1, 0.15) is 33.1 Å². The monoisotopic (exact) mass is 200 g/mol. The highest BCUT2D eigenvalue weighted by atomic mass is 79.9. The van der Waals surface area contributed by atoms with Gasteiger partial charge < -0.3 is 12.9 Å². The van der Waals surface area contributed by atoms with E-state index < -0.39 is 0 Å². The summed E-state index contributed by atoms with van der Waals surface area (Å²) >= 11 is 3.77. The Morgan fingerprint density at radius 2 is 2.33 bits per heavy atom. The summed E-state index contributed by atoms with van der Waals surface area (Å²) in [6.45, 7) is 4.85. The van der Waals surface area contributed by atoms with Gasteiger partial charge in [-0.2, -0.15) is 0 Å². The molecule has 0 aromatic carbocycles. The second-order valence-electron chi connectivity index (χ2n) is 3.58. The molecule has 0 bridgehead atoms. The summed E-state index contributed by atoms with van der Waals surface area (Å²) in [5.41, 5.74) is 0. The highest BCUT2D eigenvalue weighted by Gasteiger charge is 2.35. The average molecular weight is 201 g/mol. The van der Waals surface area contributed by atoms with E-state index in [0.717, 1.165) is 9.46 Å². The van der Waals surface area contributed by atoms with Gasteiger partial charge in [0.2, 0.25) is 0 Å². The first-order valence-electron chi connectivity index (χ1n) is 3.75. The van der Waals surface area contributed by atoms with Crippen LogP contribution < -0.4 is 0 Å². The van der Waals surface area contributed by atoms with Gasteiger partial charge >= 0.3 is 18.2 Å². The maximum absolute atomic E-state index is 3.71. The summed E-state index contributed by atoms with van der Waals surface area (Å²) in [5, 5.41) is 0. The maximum atomic E-state index is 3.71. The van der Waals surface area contributed by atoms with E-state index in [9.17, 15) is 0 Å². The van der Waals surface area contributed by atoms with E-state index in [1.807, 2.05) is 0 Å². The van der Waals surface area contributed by atoms with Crippen molar-refractivity contribution in [3.05, 3.63) is 0 Å². The Bertz CT molecular complexity index is 105. The van der Waals surface area contributed by atoms with Gasteiger partial charge in [-0.15, -0.1) is 3.54 Å². The molecule has 1 rings (SSSR count). The Morgan fingerprint density at radius 3 is 2.56 bits per heavy atom. The number of hydrogen-bond acceptors (Lipinski definition) is 0. The van der Waals surface area contributed by atoms with E-state index in [-0.39, 0.29) is 18.2 Å². The van der Waals surface area contributed by atoms with Crippen LogP contribution in [0.25, 0.3) is 0 Å². The lowest BCUT2D eigenvalue weighted by molar-refractivity contribution is 0.479. The molecule has 0 nitrogen and oxygen atoms in total. The zero-order valence-corrected chi connectivity index (χ0v) is 9.28. The molecule has 2 atom stereocenters. The molecule has 0 heterocycles. The largest absolute Gasteiger partial charge is 0.475 e. The number of hydrogen-bond donors (Lipinski definition) is 0. The first-order chi connectivity index (χ1) is 4.19. The van der Waals surface area contributed by atoms with Gasteiger partial charge in [0.25, 0.3) is 0 Å². The van der Waals surface area contributed by atoms with Gasteiger partial charge in [-0.3, -0.25) is 0 Å². The van der Waals surface area contributed by atoms with Crippen LogP contribution in [0.2, 0.25) is 3.54 Å². The Balaban J connectivity index is 2.56. The van der Waals surface area contributed by atoms with Crippen LogP contribution in [0.15, 0.2) is 0 Å². The summed E-state index contributed by atoms with van der Waals surface area (Å²) in [6.07, 6.45) is 4.41. The van der Waals surface area contributed by atoms with Gasteiger partial charge in [0.15, 0.2) is 0 Å². The summed E-state index contributed by atoms with van der Waals surface area (Å²) in [5.74, 6) is 0.989. The van der Waals surface area contributed by atoms with Gasteiger partial charge in [-0.05, 0) is 0 Å². The molecule has 2 unspecified atom stereocenters. The van der Waals surface area contributed by atoms with Crippen LogP contribution in [0.4, 0.5) is 0 Å². The molecule has 9 heavy (non-hydrogen) atoms. The van der Waals surface area contributed by atoms with E-state index in [2.05, 4.69) is 26.7 Å². The molecule has 0 aromatic rings. The van der Waals surface area contributed by atoms with Gasteiger partial charge in [-0.25, -0.2) is 0 Å². The third-order valence-electron chi connectivity index (χ3n) is 2.88. The Kier molecular flexibility index (Phi) is 2.87. The minimum Gasteiger partial charge on any atom is -0.306 e. The molecule has 0 spiro atoms. The Labute approximate surface area is 73.4 Å². The average Bonchev–Trinajstić information content (AvgIpc) is 2.15. The van der Waals surface area contributed by atoms with Gasteiger partial charge in [0, 0.05) is 0 Å². The van der Waals surface area contributed by atoms with Crippen molar-refractivity contribution >= 4 is 31.1 Å². The van der Waals surface area contributed by atoms with Crippen LogP contribution in [-0.4, -0.2) is 18.2 Å². The molecule has 1 aliphatic rings. The van der Waals surface area contributed by atoms with E-state index >= 15 is 0 Å². The van der Waals surface area contributed by atoms with E-state index in [1.54, 1.807) is 0 Å². The lowest BCUT2D eigenvalue weighted by atomic mass is 9.99. The van der Waals surface area contributed by atoms with Crippen molar-refractivity contribution in [3.63, 3.8) is 0 Å². The zero-order valence-electron chi connectivity index (χ0n) is 6.28. The molecule has 0 saturated heterocycles. The smallest absolute Gasteiger partial charge is 0.306 e. The molecule has 1 fully saturated rings. The molecule has 50 valence electrons.